The molecule has 5 heteroatoms. The second-order valence-corrected chi connectivity index (χ2v) is 5.18. The molecule has 0 heterocycles. The molecule has 0 aliphatic rings. The average Bonchev–Trinajstić information content (AvgIpc) is 2.01. The van der Waals surface area contributed by atoms with E-state index in [1.165, 1.54) is 6.07 Å². The first-order chi connectivity index (χ1) is 6.32. The summed E-state index contributed by atoms with van der Waals surface area (Å²) in [5.41, 5.74) is 1.33. The summed E-state index contributed by atoms with van der Waals surface area (Å²) < 4.78 is 30.9. The molecular formula is C9H11ClO3S. The highest BCUT2D eigenvalue weighted by molar-refractivity contribution is 7.85. The van der Waals surface area contributed by atoms with Crippen LogP contribution in [-0.4, -0.2) is 13.0 Å². The summed E-state index contributed by atoms with van der Waals surface area (Å²) in [4.78, 5) is -0.120. The van der Waals surface area contributed by atoms with Gasteiger partial charge in [0.2, 0.25) is 0 Å². The van der Waals surface area contributed by atoms with Crippen LogP contribution >= 0.6 is 11.6 Å². The van der Waals surface area contributed by atoms with Crippen LogP contribution in [-0.2, 0) is 10.1 Å². The van der Waals surface area contributed by atoms with E-state index in [0.29, 0.717) is 5.56 Å². The van der Waals surface area contributed by atoms with Gasteiger partial charge in [0.1, 0.15) is 0 Å². The molecule has 1 unspecified atom stereocenters. The van der Waals surface area contributed by atoms with E-state index >= 15 is 0 Å². The van der Waals surface area contributed by atoms with Crippen LogP contribution in [0.1, 0.15) is 23.4 Å². The van der Waals surface area contributed by atoms with Crippen molar-refractivity contribution in [3.05, 3.63) is 29.3 Å². The zero-order valence-corrected chi connectivity index (χ0v) is 9.43. The molecule has 14 heavy (non-hydrogen) atoms. The summed E-state index contributed by atoms with van der Waals surface area (Å²) in [6.07, 6.45) is 0. The fourth-order valence-electron chi connectivity index (χ4n) is 1.21. The van der Waals surface area contributed by atoms with Gasteiger partial charge in [-0.1, -0.05) is 17.7 Å². The van der Waals surface area contributed by atoms with E-state index in [0.717, 1.165) is 5.56 Å². The van der Waals surface area contributed by atoms with Crippen LogP contribution in [0, 0.1) is 6.92 Å². The Balaban J connectivity index is 3.45. The Kier molecular flexibility index (Phi) is 3.19. The summed E-state index contributed by atoms with van der Waals surface area (Å²) >= 11 is 5.81. The van der Waals surface area contributed by atoms with Crippen molar-refractivity contribution in [1.29, 1.82) is 0 Å². The molecule has 0 spiro atoms. The smallest absolute Gasteiger partial charge is 0.282 e. The highest BCUT2D eigenvalue weighted by atomic mass is 35.5. The van der Waals surface area contributed by atoms with Crippen molar-refractivity contribution in [3.8, 4) is 0 Å². The summed E-state index contributed by atoms with van der Waals surface area (Å²) in [6.45, 7) is 3.49. The topological polar surface area (TPSA) is 54.4 Å². The highest BCUT2D eigenvalue weighted by Crippen LogP contribution is 2.27. The quantitative estimate of drug-likeness (QED) is 0.632. The third-order valence-corrected chi connectivity index (χ3v) is 3.03. The van der Waals surface area contributed by atoms with Gasteiger partial charge >= 0.3 is 0 Å². The Morgan fingerprint density at radius 3 is 2.43 bits per heavy atom. The molecule has 0 amide bonds. The lowest BCUT2D eigenvalue weighted by molar-refractivity contribution is 0.482. The molecule has 3 nitrogen and oxygen atoms in total. The lowest BCUT2D eigenvalue weighted by Gasteiger charge is -2.09. The number of rotatable bonds is 2. The molecular weight excluding hydrogens is 224 g/mol. The number of alkyl halides is 1. The maximum absolute atomic E-state index is 11.0. The Hall–Kier alpha value is -0.580. The zero-order valence-electron chi connectivity index (χ0n) is 7.86. The fourth-order valence-corrected chi connectivity index (χ4v) is 2.23. The van der Waals surface area contributed by atoms with Crippen LogP contribution < -0.4 is 0 Å². The molecule has 1 N–H and O–H groups in total. The standard InChI is InChI=1S/C9H11ClO3S/c1-6-3-4-9(14(11,12)13)8(5-6)7(2)10/h3-5,7H,1-2H3,(H,11,12,13). The van der Waals surface area contributed by atoms with Gasteiger partial charge in [-0.2, -0.15) is 8.42 Å². The molecule has 0 saturated carbocycles. The molecule has 78 valence electrons. The van der Waals surface area contributed by atoms with E-state index in [1.54, 1.807) is 19.1 Å². The fraction of sp³-hybridized carbons (Fsp3) is 0.333. The first-order valence-electron chi connectivity index (χ1n) is 4.04. The average molecular weight is 235 g/mol. The second kappa shape index (κ2) is 3.88. The van der Waals surface area contributed by atoms with Gasteiger partial charge in [0.15, 0.2) is 0 Å². The maximum Gasteiger partial charge on any atom is 0.294 e. The van der Waals surface area contributed by atoms with Gasteiger partial charge in [0.05, 0.1) is 10.3 Å². The molecule has 0 aliphatic heterocycles. The molecule has 1 rings (SSSR count). The van der Waals surface area contributed by atoms with Crippen molar-refractivity contribution >= 4 is 21.7 Å². The van der Waals surface area contributed by atoms with Crippen LogP contribution in [0.25, 0.3) is 0 Å². The van der Waals surface area contributed by atoms with Crippen LogP contribution in [0.3, 0.4) is 0 Å². The SMILES string of the molecule is Cc1ccc(S(=O)(=O)O)c(C(C)Cl)c1. The van der Waals surface area contributed by atoms with Crippen molar-refractivity contribution in [2.75, 3.05) is 0 Å². The second-order valence-electron chi connectivity index (χ2n) is 3.13. The van der Waals surface area contributed by atoms with Crippen LogP contribution in [0.5, 0.6) is 0 Å². The lowest BCUT2D eigenvalue weighted by Crippen LogP contribution is -2.03. The number of aryl methyl sites for hydroxylation is 1. The van der Waals surface area contributed by atoms with Crippen molar-refractivity contribution in [2.45, 2.75) is 24.1 Å². The molecule has 0 aromatic heterocycles. The van der Waals surface area contributed by atoms with Crippen molar-refractivity contribution in [2.24, 2.45) is 0 Å². The predicted molar refractivity (Wildman–Crippen MR) is 55.3 cm³/mol. The molecule has 0 fully saturated rings. The third-order valence-electron chi connectivity index (χ3n) is 1.87. The Morgan fingerprint density at radius 2 is 2.00 bits per heavy atom. The Bertz CT molecular complexity index is 437. The van der Waals surface area contributed by atoms with Gasteiger partial charge < -0.3 is 0 Å². The first-order valence-corrected chi connectivity index (χ1v) is 5.92. The number of hydrogen-bond acceptors (Lipinski definition) is 2. The Morgan fingerprint density at radius 1 is 1.43 bits per heavy atom. The van der Waals surface area contributed by atoms with Crippen LogP contribution in [0.2, 0.25) is 0 Å². The predicted octanol–water partition coefficient (Wildman–Crippen LogP) is 2.54. The van der Waals surface area contributed by atoms with E-state index in [4.69, 9.17) is 16.2 Å². The van der Waals surface area contributed by atoms with Gasteiger partial charge in [-0.25, -0.2) is 0 Å². The summed E-state index contributed by atoms with van der Waals surface area (Å²) in [6, 6.07) is 4.63. The van der Waals surface area contributed by atoms with E-state index < -0.39 is 15.5 Å². The highest BCUT2D eigenvalue weighted by Gasteiger charge is 2.17. The molecule has 0 aliphatic carbocycles. The van der Waals surface area contributed by atoms with Crippen molar-refractivity contribution in [1.82, 2.24) is 0 Å². The molecule has 0 bridgehead atoms. The number of halogens is 1. The minimum absolute atomic E-state index is 0.120. The van der Waals surface area contributed by atoms with E-state index in [-0.39, 0.29) is 4.90 Å². The van der Waals surface area contributed by atoms with Gasteiger partial charge in [0.25, 0.3) is 10.1 Å². The molecule has 0 radical (unpaired) electrons. The largest absolute Gasteiger partial charge is 0.294 e. The van der Waals surface area contributed by atoms with Gasteiger partial charge in [-0.15, -0.1) is 11.6 Å². The van der Waals surface area contributed by atoms with Gasteiger partial charge in [-0.05, 0) is 25.5 Å². The van der Waals surface area contributed by atoms with E-state index in [2.05, 4.69) is 0 Å². The first kappa shape index (κ1) is 11.5. The molecule has 1 aromatic carbocycles. The van der Waals surface area contributed by atoms with Crippen molar-refractivity contribution < 1.29 is 13.0 Å². The minimum atomic E-state index is -4.18. The molecule has 1 aromatic rings. The lowest BCUT2D eigenvalue weighted by atomic mass is 10.1. The van der Waals surface area contributed by atoms with Gasteiger partial charge in [-0.3, -0.25) is 4.55 Å². The maximum atomic E-state index is 11.0. The zero-order chi connectivity index (χ0) is 10.9. The summed E-state index contributed by atoms with van der Waals surface area (Å²) in [5, 5.41) is -0.452. The normalized spacial score (nSPS) is 14.0. The third kappa shape index (κ3) is 2.47. The van der Waals surface area contributed by atoms with Crippen LogP contribution in [0.15, 0.2) is 23.1 Å². The van der Waals surface area contributed by atoms with Crippen molar-refractivity contribution in [3.63, 3.8) is 0 Å². The number of hydrogen-bond donors (Lipinski definition) is 1. The van der Waals surface area contributed by atoms with E-state index in [1.807, 2.05) is 6.92 Å². The summed E-state index contributed by atoms with van der Waals surface area (Å²) in [7, 11) is -4.18. The molecule has 0 saturated heterocycles. The number of benzene rings is 1. The Labute approximate surface area is 88.5 Å². The summed E-state index contributed by atoms with van der Waals surface area (Å²) in [5.74, 6) is 0. The van der Waals surface area contributed by atoms with E-state index in [9.17, 15) is 8.42 Å². The minimum Gasteiger partial charge on any atom is -0.282 e. The van der Waals surface area contributed by atoms with Crippen LogP contribution in [0.4, 0.5) is 0 Å². The molecule has 1 atom stereocenters. The monoisotopic (exact) mass is 234 g/mol. The van der Waals surface area contributed by atoms with Gasteiger partial charge in [0, 0.05) is 0 Å².